The summed E-state index contributed by atoms with van der Waals surface area (Å²) >= 11 is 0. The summed E-state index contributed by atoms with van der Waals surface area (Å²) in [5.74, 6) is -0.582. The van der Waals surface area contributed by atoms with Crippen LogP contribution in [0.2, 0.25) is 0 Å². The Bertz CT molecular complexity index is 437. The Balaban J connectivity index is 3.06. The van der Waals surface area contributed by atoms with E-state index in [1.165, 1.54) is 7.11 Å². The lowest BCUT2D eigenvalue weighted by Gasteiger charge is -2.22. The predicted molar refractivity (Wildman–Crippen MR) is 74.3 cm³/mol. The standard InChI is InChI=1S/C15H21NO3/c1-4-10-16(11-5-2)14(17)12-8-6-7-9-13(12)15(18)19-3/h6-9H,4-5,10-11H2,1-3H3. The highest BCUT2D eigenvalue weighted by Gasteiger charge is 2.21. The van der Waals surface area contributed by atoms with Crippen LogP contribution in [0.25, 0.3) is 0 Å². The van der Waals surface area contributed by atoms with Crippen LogP contribution in [-0.4, -0.2) is 37.0 Å². The molecular formula is C15H21NO3. The molecule has 0 atom stereocenters. The lowest BCUT2D eigenvalue weighted by atomic mass is 10.1. The quantitative estimate of drug-likeness (QED) is 0.741. The number of benzene rings is 1. The molecule has 4 nitrogen and oxygen atoms in total. The van der Waals surface area contributed by atoms with Gasteiger partial charge in [0, 0.05) is 13.1 Å². The maximum absolute atomic E-state index is 12.5. The zero-order chi connectivity index (χ0) is 14.3. The lowest BCUT2D eigenvalue weighted by molar-refractivity contribution is 0.0590. The maximum Gasteiger partial charge on any atom is 0.338 e. The van der Waals surface area contributed by atoms with Crippen molar-refractivity contribution in [2.75, 3.05) is 20.2 Å². The van der Waals surface area contributed by atoms with Crippen molar-refractivity contribution in [1.82, 2.24) is 4.90 Å². The first kappa shape index (κ1) is 15.2. The summed E-state index contributed by atoms with van der Waals surface area (Å²) in [6.45, 7) is 5.45. The molecule has 1 aromatic carbocycles. The van der Waals surface area contributed by atoms with Gasteiger partial charge in [-0.3, -0.25) is 4.79 Å². The molecule has 0 fully saturated rings. The lowest BCUT2D eigenvalue weighted by Crippen LogP contribution is -2.33. The third-order valence-electron chi connectivity index (χ3n) is 2.84. The molecule has 0 unspecified atom stereocenters. The average Bonchev–Trinajstić information content (AvgIpc) is 2.45. The van der Waals surface area contributed by atoms with Gasteiger partial charge in [-0.2, -0.15) is 0 Å². The van der Waals surface area contributed by atoms with Gasteiger partial charge in [0.15, 0.2) is 0 Å². The fraction of sp³-hybridized carbons (Fsp3) is 0.467. The Morgan fingerprint density at radius 1 is 1.05 bits per heavy atom. The van der Waals surface area contributed by atoms with Crippen molar-refractivity contribution < 1.29 is 14.3 Å². The predicted octanol–water partition coefficient (Wildman–Crippen LogP) is 2.74. The minimum absolute atomic E-state index is 0.107. The van der Waals surface area contributed by atoms with E-state index >= 15 is 0 Å². The second-order valence-corrected chi connectivity index (χ2v) is 4.33. The van der Waals surface area contributed by atoms with Crippen LogP contribution < -0.4 is 0 Å². The fourth-order valence-electron chi connectivity index (χ4n) is 1.98. The van der Waals surface area contributed by atoms with Gasteiger partial charge in [-0.05, 0) is 25.0 Å². The summed E-state index contributed by atoms with van der Waals surface area (Å²) < 4.78 is 4.72. The van der Waals surface area contributed by atoms with Crippen molar-refractivity contribution in [2.45, 2.75) is 26.7 Å². The molecule has 0 aliphatic heterocycles. The van der Waals surface area contributed by atoms with Crippen LogP contribution in [0.1, 0.15) is 47.4 Å². The molecular weight excluding hydrogens is 242 g/mol. The molecule has 4 heteroatoms. The van der Waals surface area contributed by atoms with Gasteiger partial charge in [-0.15, -0.1) is 0 Å². The number of methoxy groups -OCH3 is 1. The molecule has 0 N–H and O–H groups in total. The summed E-state index contributed by atoms with van der Waals surface area (Å²) in [5.41, 5.74) is 0.739. The third-order valence-corrected chi connectivity index (χ3v) is 2.84. The monoisotopic (exact) mass is 263 g/mol. The number of esters is 1. The zero-order valence-corrected chi connectivity index (χ0v) is 11.8. The molecule has 0 saturated carbocycles. The Morgan fingerprint density at radius 2 is 1.58 bits per heavy atom. The number of hydrogen-bond acceptors (Lipinski definition) is 3. The fourth-order valence-corrected chi connectivity index (χ4v) is 1.98. The van der Waals surface area contributed by atoms with Crippen LogP contribution in [-0.2, 0) is 4.74 Å². The molecule has 104 valence electrons. The third kappa shape index (κ3) is 3.81. The van der Waals surface area contributed by atoms with Crippen LogP contribution >= 0.6 is 0 Å². The summed E-state index contributed by atoms with van der Waals surface area (Å²) in [6, 6.07) is 6.78. The van der Waals surface area contributed by atoms with Crippen LogP contribution in [0.4, 0.5) is 0 Å². The van der Waals surface area contributed by atoms with Crippen LogP contribution in [0.3, 0.4) is 0 Å². The van der Waals surface area contributed by atoms with Crippen molar-refractivity contribution in [2.24, 2.45) is 0 Å². The Kier molecular flexibility index (Phi) is 6.06. The van der Waals surface area contributed by atoms with E-state index in [1.54, 1.807) is 29.2 Å². The first-order valence-corrected chi connectivity index (χ1v) is 6.62. The second kappa shape index (κ2) is 7.56. The van der Waals surface area contributed by atoms with Gasteiger partial charge in [0.25, 0.3) is 5.91 Å². The van der Waals surface area contributed by atoms with E-state index in [0.29, 0.717) is 24.2 Å². The van der Waals surface area contributed by atoms with Gasteiger partial charge < -0.3 is 9.64 Å². The van der Waals surface area contributed by atoms with E-state index in [2.05, 4.69) is 0 Å². The molecule has 0 bridgehead atoms. The molecule has 19 heavy (non-hydrogen) atoms. The molecule has 1 rings (SSSR count). The Morgan fingerprint density at radius 3 is 2.05 bits per heavy atom. The number of carbonyl (C=O) groups excluding carboxylic acids is 2. The number of hydrogen-bond donors (Lipinski definition) is 0. The number of amides is 1. The molecule has 1 aromatic rings. The van der Waals surface area contributed by atoms with Crippen molar-refractivity contribution in [1.29, 1.82) is 0 Å². The highest BCUT2D eigenvalue weighted by molar-refractivity contribution is 6.05. The zero-order valence-electron chi connectivity index (χ0n) is 11.8. The molecule has 0 aliphatic carbocycles. The normalized spacial score (nSPS) is 10.1. The van der Waals surface area contributed by atoms with Crippen LogP contribution in [0, 0.1) is 0 Å². The molecule has 0 saturated heterocycles. The minimum atomic E-state index is -0.475. The number of ether oxygens (including phenoxy) is 1. The van der Waals surface area contributed by atoms with Gasteiger partial charge in [-0.1, -0.05) is 26.0 Å². The van der Waals surface area contributed by atoms with Gasteiger partial charge in [-0.25, -0.2) is 4.79 Å². The summed E-state index contributed by atoms with van der Waals surface area (Å²) in [4.78, 5) is 25.9. The number of rotatable bonds is 6. The van der Waals surface area contributed by atoms with Crippen molar-refractivity contribution in [3.05, 3.63) is 35.4 Å². The first-order valence-electron chi connectivity index (χ1n) is 6.62. The molecule has 0 radical (unpaired) electrons. The average molecular weight is 263 g/mol. The molecule has 0 spiro atoms. The van der Waals surface area contributed by atoms with E-state index in [9.17, 15) is 9.59 Å². The topological polar surface area (TPSA) is 46.6 Å². The largest absolute Gasteiger partial charge is 0.465 e. The van der Waals surface area contributed by atoms with Crippen molar-refractivity contribution in [3.63, 3.8) is 0 Å². The van der Waals surface area contributed by atoms with Gasteiger partial charge in [0.2, 0.25) is 0 Å². The molecule has 0 aliphatic rings. The first-order chi connectivity index (χ1) is 9.15. The molecule has 0 aromatic heterocycles. The van der Waals surface area contributed by atoms with Crippen molar-refractivity contribution in [3.8, 4) is 0 Å². The van der Waals surface area contributed by atoms with E-state index in [-0.39, 0.29) is 5.91 Å². The minimum Gasteiger partial charge on any atom is -0.465 e. The van der Waals surface area contributed by atoms with Crippen LogP contribution in [0.15, 0.2) is 24.3 Å². The van der Waals surface area contributed by atoms with E-state index < -0.39 is 5.97 Å². The summed E-state index contributed by atoms with van der Waals surface area (Å²) in [7, 11) is 1.32. The summed E-state index contributed by atoms with van der Waals surface area (Å²) in [5, 5.41) is 0. The highest BCUT2D eigenvalue weighted by atomic mass is 16.5. The molecule has 1 amide bonds. The molecule has 0 heterocycles. The van der Waals surface area contributed by atoms with Gasteiger partial charge in [0.05, 0.1) is 18.2 Å². The van der Waals surface area contributed by atoms with Gasteiger partial charge >= 0.3 is 5.97 Å². The second-order valence-electron chi connectivity index (χ2n) is 4.33. The van der Waals surface area contributed by atoms with E-state index in [1.807, 2.05) is 13.8 Å². The van der Waals surface area contributed by atoms with E-state index in [4.69, 9.17) is 4.74 Å². The highest BCUT2D eigenvalue weighted by Crippen LogP contribution is 2.13. The maximum atomic E-state index is 12.5. The number of nitrogens with zero attached hydrogens (tertiary/aromatic N) is 1. The van der Waals surface area contributed by atoms with Gasteiger partial charge in [0.1, 0.15) is 0 Å². The Hall–Kier alpha value is -1.84. The summed E-state index contributed by atoms with van der Waals surface area (Å²) in [6.07, 6.45) is 1.79. The van der Waals surface area contributed by atoms with E-state index in [0.717, 1.165) is 12.8 Å². The number of carbonyl (C=O) groups is 2. The van der Waals surface area contributed by atoms with Crippen LogP contribution in [0.5, 0.6) is 0 Å². The van der Waals surface area contributed by atoms with Crippen molar-refractivity contribution >= 4 is 11.9 Å². The SMILES string of the molecule is CCCN(CCC)C(=O)c1ccccc1C(=O)OC. The Labute approximate surface area is 114 Å². The smallest absolute Gasteiger partial charge is 0.338 e.